The van der Waals surface area contributed by atoms with Gasteiger partial charge in [-0.25, -0.2) is 0 Å². The molecule has 0 radical (unpaired) electrons. The minimum Gasteiger partial charge on any atom is -0.128 e. The summed E-state index contributed by atoms with van der Waals surface area (Å²) in [7, 11) is 0. The molecule has 1 aromatic rings. The molecule has 0 bridgehead atoms. The van der Waals surface area contributed by atoms with Crippen LogP contribution in [0.15, 0.2) is 29.2 Å². The fourth-order valence-corrected chi connectivity index (χ4v) is 1.40. The van der Waals surface area contributed by atoms with Crippen molar-refractivity contribution in [3.63, 3.8) is 0 Å². The van der Waals surface area contributed by atoms with Gasteiger partial charge in [-0.3, -0.25) is 0 Å². The SMILES string of the molecule is C#CC#Cc1ccccc1SC. The average Bonchev–Trinajstić information content (AvgIpc) is 2.15. The molecule has 0 fully saturated rings. The second-order valence-corrected chi connectivity index (χ2v) is 2.94. The largest absolute Gasteiger partial charge is 0.128 e. The van der Waals surface area contributed by atoms with Gasteiger partial charge in [-0.05, 0) is 30.2 Å². The number of thioether (sulfide) groups is 1. The Hall–Kier alpha value is -1.31. The van der Waals surface area contributed by atoms with Crippen molar-refractivity contribution in [2.75, 3.05) is 6.26 Å². The van der Waals surface area contributed by atoms with Gasteiger partial charge in [0.1, 0.15) is 0 Å². The third kappa shape index (κ3) is 2.09. The van der Waals surface area contributed by atoms with Crippen LogP contribution >= 0.6 is 11.8 Å². The quantitative estimate of drug-likeness (QED) is 0.463. The third-order valence-electron chi connectivity index (χ3n) is 1.38. The summed E-state index contributed by atoms with van der Waals surface area (Å²) in [5, 5.41) is 0. The number of hydrogen-bond donors (Lipinski definition) is 0. The molecule has 0 N–H and O–H groups in total. The lowest BCUT2D eigenvalue weighted by Crippen LogP contribution is -1.77. The summed E-state index contributed by atoms with van der Waals surface area (Å²) in [6, 6.07) is 7.95. The van der Waals surface area contributed by atoms with Gasteiger partial charge in [0, 0.05) is 10.5 Å². The van der Waals surface area contributed by atoms with Gasteiger partial charge in [0.2, 0.25) is 0 Å². The first-order valence-electron chi connectivity index (χ1n) is 3.48. The van der Waals surface area contributed by atoms with Crippen LogP contribution < -0.4 is 0 Å². The van der Waals surface area contributed by atoms with Crippen LogP contribution in [-0.4, -0.2) is 6.26 Å². The van der Waals surface area contributed by atoms with Gasteiger partial charge in [-0.1, -0.05) is 18.1 Å². The molecule has 1 rings (SSSR count). The predicted octanol–water partition coefficient (Wildman–Crippen LogP) is 2.39. The van der Waals surface area contributed by atoms with Crippen molar-refractivity contribution in [3.05, 3.63) is 29.8 Å². The minimum absolute atomic E-state index is 1.00. The van der Waals surface area contributed by atoms with E-state index >= 15 is 0 Å². The summed E-state index contributed by atoms with van der Waals surface area (Å²) in [5.41, 5.74) is 1.00. The van der Waals surface area contributed by atoms with Crippen LogP contribution in [0.1, 0.15) is 5.56 Å². The maximum absolute atomic E-state index is 5.04. The van der Waals surface area contributed by atoms with Gasteiger partial charge in [0.15, 0.2) is 0 Å². The first kappa shape index (κ1) is 8.78. The molecule has 1 heteroatoms. The van der Waals surface area contributed by atoms with Crippen molar-refractivity contribution in [2.24, 2.45) is 0 Å². The van der Waals surface area contributed by atoms with E-state index in [0.29, 0.717) is 0 Å². The van der Waals surface area contributed by atoms with Gasteiger partial charge in [-0.15, -0.1) is 18.2 Å². The van der Waals surface area contributed by atoms with Crippen molar-refractivity contribution in [1.82, 2.24) is 0 Å². The normalized spacial score (nSPS) is 8.00. The molecule has 0 aliphatic carbocycles. The highest BCUT2D eigenvalue weighted by molar-refractivity contribution is 7.98. The summed E-state index contributed by atoms with van der Waals surface area (Å²) in [6.07, 6.45) is 7.06. The molecule has 12 heavy (non-hydrogen) atoms. The van der Waals surface area contributed by atoms with Crippen molar-refractivity contribution in [2.45, 2.75) is 4.90 Å². The van der Waals surface area contributed by atoms with Gasteiger partial charge in [0.25, 0.3) is 0 Å². The summed E-state index contributed by atoms with van der Waals surface area (Å²) in [4.78, 5) is 1.17. The van der Waals surface area contributed by atoms with Gasteiger partial charge >= 0.3 is 0 Å². The molecule has 0 amide bonds. The monoisotopic (exact) mass is 172 g/mol. The molecule has 0 nitrogen and oxygen atoms in total. The zero-order valence-electron chi connectivity index (χ0n) is 6.79. The average molecular weight is 172 g/mol. The van der Waals surface area contributed by atoms with E-state index in [0.717, 1.165) is 5.56 Å². The molecule has 0 aromatic heterocycles. The van der Waals surface area contributed by atoms with Crippen LogP contribution in [0.25, 0.3) is 0 Å². The Labute approximate surface area is 77.4 Å². The predicted molar refractivity (Wildman–Crippen MR) is 53.9 cm³/mol. The molecular formula is C11H8S. The second kappa shape index (κ2) is 4.54. The van der Waals surface area contributed by atoms with E-state index in [1.807, 2.05) is 30.5 Å². The minimum atomic E-state index is 1.00. The number of rotatable bonds is 1. The van der Waals surface area contributed by atoms with Crippen LogP contribution in [0.2, 0.25) is 0 Å². The van der Waals surface area contributed by atoms with Crippen LogP contribution in [0.3, 0.4) is 0 Å². The Morgan fingerprint density at radius 1 is 1.33 bits per heavy atom. The zero-order chi connectivity index (χ0) is 8.81. The lowest BCUT2D eigenvalue weighted by Gasteiger charge is -1.97. The first-order valence-corrected chi connectivity index (χ1v) is 4.70. The summed E-state index contributed by atoms with van der Waals surface area (Å²) in [6.45, 7) is 0. The Morgan fingerprint density at radius 3 is 2.75 bits per heavy atom. The standard InChI is InChI=1S/C11H8S/c1-3-4-7-10-8-5-6-9-11(10)12-2/h1,5-6,8-9H,2H3. The summed E-state index contributed by atoms with van der Waals surface area (Å²) >= 11 is 1.67. The van der Waals surface area contributed by atoms with Crippen LogP contribution in [0, 0.1) is 24.2 Å². The lowest BCUT2D eigenvalue weighted by molar-refractivity contribution is 1.42. The highest BCUT2D eigenvalue weighted by Gasteiger charge is 1.94. The number of hydrogen-bond acceptors (Lipinski definition) is 1. The van der Waals surface area contributed by atoms with Crippen molar-refractivity contribution in [3.8, 4) is 24.2 Å². The third-order valence-corrected chi connectivity index (χ3v) is 2.17. The molecule has 0 saturated carbocycles. The first-order chi connectivity index (χ1) is 5.88. The molecule has 0 heterocycles. The lowest BCUT2D eigenvalue weighted by atomic mass is 10.2. The number of terminal acetylenes is 1. The van der Waals surface area contributed by atoms with Crippen LogP contribution in [0.4, 0.5) is 0 Å². The molecule has 0 atom stereocenters. The topological polar surface area (TPSA) is 0 Å². The smallest absolute Gasteiger partial charge is 0.0391 e. The molecule has 0 spiro atoms. The number of benzene rings is 1. The maximum Gasteiger partial charge on any atom is 0.0391 e. The molecule has 0 aliphatic rings. The summed E-state index contributed by atoms with van der Waals surface area (Å²) in [5.74, 6) is 7.81. The fraction of sp³-hybridized carbons (Fsp3) is 0.0909. The maximum atomic E-state index is 5.04. The van der Waals surface area contributed by atoms with E-state index in [9.17, 15) is 0 Å². The van der Waals surface area contributed by atoms with E-state index < -0.39 is 0 Å². The Balaban J connectivity index is 3.07. The van der Waals surface area contributed by atoms with Crippen molar-refractivity contribution < 1.29 is 0 Å². The fourth-order valence-electron chi connectivity index (χ4n) is 0.851. The molecule has 1 aromatic carbocycles. The second-order valence-electron chi connectivity index (χ2n) is 2.09. The van der Waals surface area contributed by atoms with E-state index in [4.69, 9.17) is 6.42 Å². The zero-order valence-corrected chi connectivity index (χ0v) is 7.61. The van der Waals surface area contributed by atoms with Gasteiger partial charge < -0.3 is 0 Å². The van der Waals surface area contributed by atoms with E-state index in [2.05, 4.69) is 17.8 Å². The van der Waals surface area contributed by atoms with Gasteiger partial charge in [0.05, 0.1) is 0 Å². The van der Waals surface area contributed by atoms with Gasteiger partial charge in [-0.2, -0.15) is 0 Å². The van der Waals surface area contributed by atoms with E-state index in [1.165, 1.54) is 4.90 Å². The molecule has 0 saturated heterocycles. The van der Waals surface area contributed by atoms with E-state index in [-0.39, 0.29) is 0 Å². The Kier molecular flexibility index (Phi) is 3.33. The molecule has 58 valence electrons. The van der Waals surface area contributed by atoms with Crippen molar-refractivity contribution in [1.29, 1.82) is 0 Å². The molecule has 0 aliphatic heterocycles. The molecular weight excluding hydrogens is 164 g/mol. The highest BCUT2D eigenvalue weighted by atomic mass is 32.2. The van der Waals surface area contributed by atoms with Crippen LogP contribution in [-0.2, 0) is 0 Å². The van der Waals surface area contributed by atoms with E-state index in [1.54, 1.807) is 11.8 Å². The van der Waals surface area contributed by atoms with Crippen LogP contribution in [0.5, 0.6) is 0 Å². The Bertz CT molecular complexity index is 361. The highest BCUT2D eigenvalue weighted by Crippen LogP contribution is 2.18. The molecule has 0 unspecified atom stereocenters. The summed E-state index contributed by atoms with van der Waals surface area (Å²) < 4.78 is 0. The van der Waals surface area contributed by atoms with Crippen molar-refractivity contribution >= 4 is 11.8 Å². The Morgan fingerprint density at radius 2 is 2.08 bits per heavy atom.